The van der Waals surface area contributed by atoms with Gasteiger partial charge in [-0.15, -0.1) is 0 Å². The highest BCUT2D eigenvalue weighted by molar-refractivity contribution is 7.93. The van der Waals surface area contributed by atoms with Crippen LogP contribution in [0.1, 0.15) is 0 Å². The molecule has 19 heavy (non-hydrogen) atoms. The van der Waals surface area contributed by atoms with Crippen LogP contribution in [0.5, 0.6) is 0 Å². The van der Waals surface area contributed by atoms with Gasteiger partial charge in [0.25, 0.3) is 0 Å². The van der Waals surface area contributed by atoms with Gasteiger partial charge >= 0.3 is 0 Å². The largest absolute Gasteiger partial charge is 0.606 e. The van der Waals surface area contributed by atoms with E-state index in [9.17, 15) is 4.55 Å². The van der Waals surface area contributed by atoms with Gasteiger partial charge in [0.1, 0.15) is 0 Å². The Morgan fingerprint density at radius 3 is 2.11 bits per heavy atom. The highest BCUT2D eigenvalue weighted by atomic mass is 32.2. The molecule has 1 heterocycles. The predicted octanol–water partition coefficient (Wildman–Crippen LogP) is 4.58. The average Bonchev–Trinajstić information content (AvgIpc) is 2.98. The van der Waals surface area contributed by atoms with Gasteiger partial charge in [0.2, 0.25) is 4.21 Å². The van der Waals surface area contributed by atoms with Crippen LogP contribution in [0.2, 0.25) is 0 Å². The van der Waals surface area contributed by atoms with Crippen LogP contribution in [0.15, 0.2) is 81.2 Å². The maximum absolute atomic E-state index is 12.4. The van der Waals surface area contributed by atoms with Gasteiger partial charge in [-0.1, -0.05) is 59.9 Å². The Morgan fingerprint density at radius 1 is 0.789 bits per heavy atom. The molecule has 0 saturated heterocycles. The van der Waals surface area contributed by atoms with E-state index in [0.29, 0.717) is 0 Å². The first-order valence-corrected chi connectivity index (χ1v) is 7.98. The lowest BCUT2D eigenvalue weighted by Crippen LogP contribution is -1.98. The second-order valence-corrected chi connectivity index (χ2v) is 6.72. The molecule has 1 aromatic heterocycles. The van der Waals surface area contributed by atoms with Crippen LogP contribution >= 0.6 is 11.3 Å². The summed E-state index contributed by atoms with van der Waals surface area (Å²) in [6.45, 7) is 0. The van der Waals surface area contributed by atoms with Crippen molar-refractivity contribution >= 4 is 22.5 Å². The van der Waals surface area contributed by atoms with Gasteiger partial charge in [-0.2, -0.15) is 0 Å². The van der Waals surface area contributed by atoms with Gasteiger partial charge in [0.05, 0.1) is 0 Å². The van der Waals surface area contributed by atoms with Crippen LogP contribution in [-0.2, 0) is 11.2 Å². The van der Waals surface area contributed by atoms with E-state index in [0.717, 1.165) is 20.2 Å². The lowest BCUT2D eigenvalue weighted by Gasteiger charge is -2.06. The summed E-state index contributed by atoms with van der Waals surface area (Å²) in [4.78, 5) is 0.851. The molecule has 0 amide bonds. The van der Waals surface area contributed by atoms with Crippen molar-refractivity contribution in [1.82, 2.24) is 0 Å². The summed E-state index contributed by atoms with van der Waals surface area (Å²) in [5.74, 6) is 0. The molecule has 0 bridgehead atoms. The zero-order chi connectivity index (χ0) is 13.1. The molecule has 0 N–H and O–H groups in total. The molecule has 1 unspecified atom stereocenters. The summed E-state index contributed by atoms with van der Waals surface area (Å²) in [5.41, 5.74) is 2.29. The first kappa shape index (κ1) is 12.5. The van der Waals surface area contributed by atoms with E-state index in [4.69, 9.17) is 0 Å². The van der Waals surface area contributed by atoms with Crippen molar-refractivity contribution in [2.45, 2.75) is 9.10 Å². The lowest BCUT2D eigenvalue weighted by molar-refractivity contribution is 0.597. The van der Waals surface area contributed by atoms with Crippen molar-refractivity contribution in [3.05, 3.63) is 72.1 Å². The minimum atomic E-state index is -1.08. The van der Waals surface area contributed by atoms with Gasteiger partial charge in [0.15, 0.2) is 4.90 Å². The monoisotopic (exact) mass is 284 g/mol. The normalized spacial score (nSPS) is 12.3. The molecular weight excluding hydrogens is 272 g/mol. The standard InChI is InChI=1S/C16H12OS2/c17-19(15-9-5-2-6-10-15)16-11-14(12-18-16)13-7-3-1-4-8-13/h1-12H. The van der Waals surface area contributed by atoms with Crippen LogP contribution in [0.4, 0.5) is 0 Å². The van der Waals surface area contributed by atoms with Crippen molar-refractivity contribution in [2.24, 2.45) is 0 Å². The highest BCUT2D eigenvalue weighted by Gasteiger charge is 2.17. The molecule has 0 fully saturated rings. The molecule has 3 rings (SSSR count). The van der Waals surface area contributed by atoms with Crippen molar-refractivity contribution in [2.75, 3.05) is 0 Å². The van der Waals surface area contributed by atoms with Gasteiger partial charge in [-0.25, -0.2) is 0 Å². The summed E-state index contributed by atoms with van der Waals surface area (Å²) in [6.07, 6.45) is 0. The van der Waals surface area contributed by atoms with Gasteiger partial charge in [-0.3, -0.25) is 0 Å². The summed E-state index contributed by atoms with van der Waals surface area (Å²) >= 11 is 0.466. The minimum Gasteiger partial charge on any atom is -0.606 e. The van der Waals surface area contributed by atoms with E-state index >= 15 is 0 Å². The Balaban J connectivity index is 1.90. The lowest BCUT2D eigenvalue weighted by atomic mass is 10.1. The summed E-state index contributed by atoms with van der Waals surface area (Å²) < 4.78 is 13.3. The van der Waals surface area contributed by atoms with Crippen LogP contribution < -0.4 is 0 Å². The zero-order valence-electron chi connectivity index (χ0n) is 10.2. The number of hydrogen-bond acceptors (Lipinski definition) is 2. The number of rotatable bonds is 3. The van der Waals surface area contributed by atoms with Crippen molar-refractivity contribution in [3.8, 4) is 11.1 Å². The topological polar surface area (TPSA) is 23.1 Å². The number of benzene rings is 2. The summed E-state index contributed by atoms with van der Waals surface area (Å²) in [5, 5.41) is 2.06. The number of hydrogen-bond donors (Lipinski definition) is 0. The molecule has 3 heteroatoms. The van der Waals surface area contributed by atoms with E-state index in [2.05, 4.69) is 17.5 Å². The number of thiophene rings is 1. The second-order valence-electron chi connectivity index (χ2n) is 4.10. The van der Waals surface area contributed by atoms with Crippen molar-refractivity contribution < 1.29 is 4.55 Å². The Kier molecular flexibility index (Phi) is 3.69. The Bertz CT molecular complexity index is 647. The molecular formula is C16H12OS2. The molecule has 0 aliphatic carbocycles. The fraction of sp³-hybridized carbons (Fsp3) is 0. The minimum absolute atomic E-state index is 0.851. The average molecular weight is 284 g/mol. The van der Waals surface area contributed by atoms with E-state index in [-0.39, 0.29) is 0 Å². The van der Waals surface area contributed by atoms with Crippen LogP contribution in [0.25, 0.3) is 11.1 Å². The van der Waals surface area contributed by atoms with Crippen LogP contribution in [-0.4, -0.2) is 4.55 Å². The van der Waals surface area contributed by atoms with Gasteiger partial charge in [-0.05, 0) is 23.3 Å². The fourth-order valence-electron chi connectivity index (χ4n) is 1.86. The zero-order valence-corrected chi connectivity index (χ0v) is 11.8. The maximum atomic E-state index is 12.4. The third-order valence-corrected chi connectivity index (χ3v) is 5.47. The molecule has 1 atom stereocenters. The molecule has 0 radical (unpaired) electrons. The Hall–Kier alpha value is -1.55. The molecule has 0 spiro atoms. The third-order valence-electron chi connectivity index (χ3n) is 2.82. The Labute approximate surface area is 119 Å². The molecule has 0 saturated carbocycles. The van der Waals surface area contributed by atoms with E-state index in [1.807, 2.05) is 54.6 Å². The molecule has 0 aliphatic heterocycles. The highest BCUT2D eigenvalue weighted by Crippen LogP contribution is 2.31. The summed E-state index contributed by atoms with van der Waals surface area (Å²) in [6, 6.07) is 21.7. The fourth-order valence-corrected chi connectivity index (χ4v) is 4.15. The smallest absolute Gasteiger partial charge is 0.213 e. The quantitative estimate of drug-likeness (QED) is 0.645. The summed E-state index contributed by atoms with van der Waals surface area (Å²) in [7, 11) is 0. The second kappa shape index (κ2) is 5.61. The molecule has 2 aromatic carbocycles. The van der Waals surface area contributed by atoms with Gasteiger partial charge < -0.3 is 4.55 Å². The first-order chi connectivity index (χ1) is 9.34. The van der Waals surface area contributed by atoms with Crippen molar-refractivity contribution in [1.29, 1.82) is 0 Å². The van der Waals surface area contributed by atoms with Gasteiger partial charge in [0, 0.05) is 22.6 Å². The Morgan fingerprint density at radius 2 is 1.42 bits per heavy atom. The molecule has 94 valence electrons. The molecule has 3 aromatic rings. The maximum Gasteiger partial charge on any atom is 0.213 e. The third kappa shape index (κ3) is 2.73. The van der Waals surface area contributed by atoms with Crippen LogP contribution in [0, 0.1) is 0 Å². The molecule has 0 aliphatic rings. The van der Waals surface area contributed by atoms with Crippen LogP contribution in [0.3, 0.4) is 0 Å². The predicted molar refractivity (Wildman–Crippen MR) is 80.9 cm³/mol. The van der Waals surface area contributed by atoms with E-state index in [1.165, 1.54) is 0 Å². The van der Waals surface area contributed by atoms with E-state index in [1.54, 1.807) is 11.3 Å². The first-order valence-electron chi connectivity index (χ1n) is 5.95. The SMILES string of the molecule is [O-][S+](c1ccccc1)c1cc(-c2ccccc2)cs1. The van der Waals surface area contributed by atoms with Crippen molar-refractivity contribution in [3.63, 3.8) is 0 Å². The van der Waals surface area contributed by atoms with E-state index < -0.39 is 11.2 Å². The molecule has 1 nitrogen and oxygen atoms in total.